The number of hydrogen-bond donors (Lipinski definition) is 2. The fourth-order valence-corrected chi connectivity index (χ4v) is 3.84. The molecule has 2 aromatic carbocycles. The van der Waals surface area contributed by atoms with Crippen molar-refractivity contribution < 1.29 is 10.5 Å². The summed E-state index contributed by atoms with van der Waals surface area (Å²) in [6, 6.07) is 21.7. The molecule has 3 N–H and O–H groups in total. The lowest BCUT2D eigenvalue weighted by molar-refractivity contribution is -0.743. The van der Waals surface area contributed by atoms with Gasteiger partial charge >= 0.3 is 0 Å². The topological polar surface area (TPSA) is 49.2 Å². The Morgan fingerprint density at radius 3 is 2.04 bits per heavy atom. The van der Waals surface area contributed by atoms with Crippen molar-refractivity contribution in [1.29, 1.82) is 0 Å². The Labute approximate surface area is 138 Å². The molecule has 0 spiro atoms. The molecular weight excluding hydrogens is 284 g/mol. The maximum absolute atomic E-state index is 9.61. The number of hydrogen-bond acceptors (Lipinski definition) is 2. The molecule has 1 aliphatic heterocycles. The molecule has 0 amide bonds. The van der Waals surface area contributed by atoms with Gasteiger partial charge in [-0.3, -0.25) is 0 Å². The van der Waals surface area contributed by atoms with Crippen LogP contribution >= 0.6 is 0 Å². The van der Waals surface area contributed by atoms with Gasteiger partial charge in [0.05, 0.1) is 11.6 Å². The second kappa shape index (κ2) is 6.97. The van der Waals surface area contributed by atoms with Crippen molar-refractivity contribution in [3.8, 4) is 0 Å². The average Bonchev–Trinajstić information content (AvgIpc) is 2.62. The van der Waals surface area contributed by atoms with E-state index in [0.29, 0.717) is 12.0 Å². The van der Waals surface area contributed by atoms with E-state index in [1.807, 2.05) is 12.1 Å². The van der Waals surface area contributed by atoms with Crippen LogP contribution in [0.4, 0.5) is 0 Å². The molecule has 3 nitrogen and oxygen atoms in total. The lowest BCUT2D eigenvalue weighted by Gasteiger charge is -2.37. The van der Waals surface area contributed by atoms with Crippen LogP contribution in [0, 0.1) is 11.8 Å². The Morgan fingerprint density at radius 1 is 0.957 bits per heavy atom. The Balaban J connectivity index is 1.98. The summed E-state index contributed by atoms with van der Waals surface area (Å²) in [4.78, 5) is 0. The number of rotatable bonds is 3. The van der Waals surface area contributed by atoms with Gasteiger partial charge in [0.15, 0.2) is 0 Å². The van der Waals surface area contributed by atoms with Crippen molar-refractivity contribution in [3.63, 3.8) is 0 Å². The van der Waals surface area contributed by atoms with Crippen molar-refractivity contribution in [1.82, 2.24) is 0 Å². The highest BCUT2D eigenvalue weighted by atomic mass is 16.4. The van der Waals surface area contributed by atoms with Crippen molar-refractivity contribution >= 4 is 5.71 Å². The third kappa shape index (κ3) is 3.30. The summed E-state index contributed by atoms with van der Waals surface area (Å²) >= 11 is 0. The lowest BCUT2D eigenvalue weighted by atomic mass is 9.75. The van der Waals surface area contributed by atoms with Crippen LogP contribution in [-0.2, 0) is 0 Å². The van der Waals surface area contributed by atoms with Gasteiger partial charge in [0.1, 0.15) is 12.1 Å². The number of piperidine rings is 1. The van der Waals surface area contributed by atoms with Crippen molar-refractivity contribution in [2.45, 2.75) is 32.4 Å². The second-order valence-corrected chi connectivity index (χ2v) is 6.71. The third-order valence-corrected chi connectivity index (χ3v) is 4.90. The van der Waals surface area contributed by atoms with Gasteiger partial charge in [-0.2, -0.15) is 0 Å². The summed E-state index contributed by atoms with van der Waals surface area (Å²) in [5.74, 6) is 0.682. The summed E-state index contributed by atoms with van der Waals surface area (Å²) in [5.41, 5.74) is 3.51. The van der Waals surface area contributed by atoms with E-state index in [1.165, 1.54) is 11.1 Å². The van der Waals surface area contributed by atoms with E-state index in [0.717, 1.165) is 12.1 Å². The largest absolute Gasteiger partial charge is 0.411 e. The molecule has 23 heavy (non-hydrogen) atoms. The minimum atomic E-state index is 0.252. The molecule has 0 saturated carbocycles. The van der Waals surface area contributed by atoms with Gasteiger partial charge in [-0.25, -0.2) is 0 Å². The Bertz CT molecular complexity index is 652. The molecule has 0 aliphatic carbocycles. The van der Waals surface area contributed by atoms with Gasteiger partial charge < -0.3 is 10.5 Å². The van der Waals surface area contributed by atoms with E-state index in [9.17, 15) is 5.21 Å². The zero-order valence-corrected chi connectivity index (χ0v) is 13.8. The van der Waals surface area contributed by atoms with Crippen molar-refractivity contribution in [3.05, 3.63) is 71.8 Å². The summed E-state index contributed by atoms with van der Waals surface area (Å²) in [6.45, 7) is 4.42. The first kappa shape index (κ1) is 15.8. The highest BCUT2D eigenvalue weighted by Crippen LogP contribution is 2.34. The molecule has 2 aromatic rings. The molecule has 1 aliphatic rings. The van der Waals surface area contributed by atoms with E-state index in [2.05, 4.69) is 72.9 Å². The summed E-state index contributed by atoms with van der Waals surface area (Å²) in [5, 5.41) is 15.8. The average molecular weight is 309 g/mol. The molecule has 3 heteroatoms. The van der Waals surface area contributed by atoms with Crippen LogP contribution in [0.2, 0.25) is 0 Å². The van der Waals surface area contributed by atoms with Crippen molar-refractivity contribution in [2.75, 3.05) is 0 Å². The molecule has 120 valence electrons. The van der Waals surface area contributed by atoms with Gasteiger partial charge in [0.25, 0.3) is 0 Å². The standard InChI is InChI=1S/C20H24N2O/c1-14(2)19-18(22-23)13-17(15-9-5-3-6-10-15)21-20(19)16-11-7-4-8-12-16/h3-12,14,17,19-21,23H,13H2,1-2H3/p+1/b22-18+/t17-,19-,20-/m0/s1. The summed E-state index contributed by atoms with van der Waals surface area (Å²) < 4.78 is 0. The lowest BCUT2D eigenvalue weighted by Crippen LogP contribution is -2.90. The number of nitrogens with zero attached hydrogens (tertiary/aromatic N) is 1. The number of quaternary nitrogens is 1. The van der Waals surface area contributed by atoms with Gasteiger partial charge in [-0.15, -0.1) is 0 Å². The molecule has 0 aromatic heterocycles. The smallest absolute Gasteiger partial charge is 0.121 e. The van der Waals surface area contributed by atoms with Crippen LogP contribution in [0.15, 0.2) is 65.8 Å². The zero-order valence-electron chi connectivity index (χ0n) is 13.8. The van der Waals surface area contributed by atoms with Crippen LogP contribution in [0.1, 0.15) is 43.5 Å². The SMILES string of the molecule is CC(C)[C@H]1/C(=N/O)C[C@@H](c2ccccc2)[NH2+][C@H]1c1ccccc1. The molecule has 0 unspecified atom stereocenters. The summed E-state index contributed by atoms with van der Waals surface area (Å²) in [7, 11) is 0. The first-order chi connectivity index (χ1) is 11.2. The third-order valence-electron chi connectivity index (χ3n) is 4.90. The number of oxime groups is 1. The molecule has 1 heterocycles. The van der Waals surface area contributed by atoms with Crippen LogP contribution in [0.5, 0.6) is 0 Å². The molecule has 3 atom stereocenters. The Hall–Kier alpha value is -2.13. The van der Waals surface area contributed by atoms with Crippen LogP contribution in [0.3, 0.4) is 0 Å². The quantitative estimate of drug-likeness (QED) is 0.661. The predicted octanol–water partition coefficient (Wildman–Crippen LogP) is 3.54. The molecule has 0 bridgehead atoms. The molecular formula is C20H25N2O+. The Morgan fingerprint density at radius 2 is 1.52 bits per heavy atom. The van der Waals surface area contributed by atoms with Gasteiger partial charge in [0.2, 0.25) is 0 Å². The fourth-order valence-electron chi connectivity index (χ4n) is 3.84. The van der Waals surface area contributed by atoms with Gasteiger partial charge in [-0.1, -0.05) is 79.7 Å². The van der Waals surface area contributed by atoms with Crippen LogP contribution in [0.25, 0.3) is 0 Å². The minimum absolute atomic E-state index is 0.252. The second-order valence-electron chi connectivity index (χ2n) is 6.71. The van der Waals surface area contributed by atoms with Gasteiger partial charge in [-0.05, 0) is 5.92 Å². The maximum Gasteiger partial charge on any atom is 0.121 e. The normalized spacial score (nSPS) is 26.6. The van der Waals surface area contributed by atoms with E-state index in [-0.39, 0.29) is 12.0 Å². The van der Waals surface area contributed by atoms with Gasteiger partial charge in [0, 0.05) is 17.5 Å². The van der Waals surface area contributed by atoms with E-state index in [1.54, 1.807) is 0 Å². The molecule has 0 radical (unpaired) electrons. The number of benzene rings is 2. The fraction of sp³-hybridized carbons (Fsp3) is 0.350. The Kier molecular flexibility index (Phi) is 4.77. The highest BCUT2D eigenvalue weighted by Gasteiger charge is 2.41. The van der Waals surface area contributed by atoms with E-state index in [4.69, 9.17) is 0 Å². The first-order valence-corrected chi connectivity index (χ1v) is 8.36. The van der Waals surface area contributed by atoms with Crippen LogP contribution in [-0.4, -0.2) is 10.9 Å². The van der Waals surface area contributed by atoms with Crippen LogP contribution < -0.4 is 5.32 Å². The molecule has 1 saturated heterocycles. The zero-order chi connectivity index (χ0) is 16.2. The summed E-state index contributed by atoms with van der Waals surface area (Å²) in [6.07, 6.45) is 0.798. The molecule has 3 rings (SSSR count). The molecule has 1 fully saturated rings. The monoisotopic (exact) mass is 309 g/mol. The van der Waals surface area contributed by atoms with E-state index >= 15 is 0 Å². The van der Waals surface area contributed by atoms with E-state index < -0.39 is 0 Å². The minimum Gasteiger partial charge on any atom is -0.411 e. The predicted molar refractivity (Wildman–Crippen MR) is 92.5 cm³/mol. The van der Waals surface area contributed by atoms with Crippen molar-refractivity contribution in [2.24, 2.45) is 17.0 Å². The maximum atomic E-state index is 9.61. The first-order valence-electron chi connectivity index (χ1n) is 8.36. The highest BCUT2D eigenvalue weighted by molar-refractivity contribution is 5.88. The number of nitrogens with two attached hydrogens (primary N) is 1.